The number of halogens is 2. The second-order valence-corrected chi connectivity index (χ2v) is 4.33. The van der Waals surface area contributed by atoms with E-state index in [0.717, 1.165) is 0 Å². The van der Waals surface area contributed by atoms with E-state index in [1.807, 2.05) is 13.8 Å². The van der Waals surface area contributed by atoms with E-state index in [9.17, 15) is 8.78 Å². The monoisotopic (exact) mass is 213 g/mol. The molecule has 0 bridgehead atoms. The van der Waals surface area contributed by atoms with Gasteiger partial charge < -0.3 is 5.73 Å². The first kappa shape index (κ1) is 12.1. The van der Waals surface area contributed by atoms with E-state index in [4.69, 9.17) is 5.73 Å². The van der Waals surface area contributed by atoms with Crippen molar-refractivity contribution in [3.05, 3.63) is 34.9 Å². The van der Waals surface area contributed by atoms with E-state index in [0.29, 0.717) is 17.9 Å². The molecule has 3 heteroatoms. The summed E-state index contributed by atoms with van der Waals surface area (Å²) >= 11 is 0. The molecule has 1 nitrogen and oxygen atoms in total. The average Bonchev–Trinajstić information content (AvgIpc) is 2.11. The van der Waals surface area contributed by atoms with Gasteiger partial charge in [-0.05, 0) is 30.9 Å². The molecule has 15 heavy (non-hydrogen) atoms. The Balaban J connectivity index is 3.07. The maximum atomic E-state index is 13.6. The van der Waals surface area contributed by atoms with E-state index < -0.39 is 17.7 Å². The van der Waals surface area contributed by atoms with Gasteiger partial charge in [-0.1, -0.05) is 19.9 Å². The van der Waals surface area contributed by atoms with Gasteiger partial charge in [0.05, 0.1) is 0 Å². The molecule has 0 aliphatic heterocycles. The summed E-state index contributed by atoms with van der Waals surface area (Å²) in [6, 6.07) is 2.13. The molecule has 0 unspecified atom stereocenters. The summed E-state index contributed by atoms with van der Waals surface area (Å²) in [5, 5.41) is 0. The highest BCUT2D eigenvalue weighted by Gasteiger charge is 2.18. The Morgan fingerprint density at radius 1 is 1.27 bits per heavy atom. The minimum atomic E-state index is -0.565. The van der Waals surface area contributed by atoms with Gasteiger partial charge in [0, 0.05) is 11.6 Å². The smallest absolute Gasteiger partial charge is 0.133 e. The summed E-state index contributed by atoms with van der Waals surface area (Å²) in [5.41, 5.74) is 6.24. The zero-order chi connectivity index (χ0) is 11.6. The van der Waals surface area contributed by atoms with Crippen molar-refractivity contribution in [1.82, 2.24) is 0 Å². The first-order valence-electron chi connectivity index (χ1n) is 5.13. The Labute approximate surface area is 89.3 Å². The predicted molar refractivity (Wildman–Crippen MR) is 57.5 cm³/mol. The zero-order valence-corrected chi connectivity index (χ0v) is 9.35. The number of hydrogen-bond acceptors (Lipinski definition) is 1. The van der Waals surface area contributed by atoms with Crippen LogP contribution in [0.4, 0.5) is 8.78 Å². The SMILES string of the molecule is Cc1ccc(F)c([C@H](N)CC(C)C)c1F. The largest absolute Gasteiger partial charge is 0.324 e. The van der Waals surface area contributed by atoms with Crippen LogP contribution in [0.5, 0.6) is 0 Å². The zero-order valence-electron chi connectivity index (χ0n) is 9.35. The van der Waals surface area contributed by atoms with Gasteiger partial charge in [-0.2, -0.15) is 0 Å². The molecule has 0 spiro atoms. The summed E-state index contributed by atoms with van der Waals surface area (Å²) < 4.78 is 27.1. The number of nitrogens with two attached hydrogens (primary N) is 1. The van der Waals surface area contributed by atoms with Crippen LogP contribution in [0.25, 0.3) is 0 Å². The van der Waals surface area contributed by atoms with Crippen LogP contribution >= 0.6 is 0 Å². The molecule has 0 saturated carbocycles. The van der Waals surface area contributed by atoms with Crippen molar-refractivity contribution >= 4 is 0 Å². The molecule has 1 aromatic rings. The molecule has 1 aromatic carbocycles. The van der Waals surface area contributed by atoms with Crippen molar-refractivity contribution in [2.24, 2.45) is 11.7 Å². The lowest BCUT2D eigenvalue weighted by Crippen LogP contribution is -2.17. The molecule has 84 valence electrons. The highest BCUT2D eigenvalue weighted by Crippen LogP contribution is 2.25. The molecule has 1 rings (SSSR count). The van der Waals surface area contributed by atoms with E-state index in [1.165, 1.54) is 12.1 Å². The van der Waals surface area contributed by atoms with Crippen molar-refractivity contribution in [1.29, 1.82) is 0 Å². The average molecular weight is 213 g/mol. The molecule has 0 amide bonds. The number of benzene rings is 1. The lowest BCUT2D eigenvalue weighted by Gasteiger charge is -2.16. The van der Waals surface area contributed by atoms with Crippen LogP contribution in [-0.2, 0) is 0 Å². The second-order valence-electron chi connectivity index (χ2n) is 4.33. The molecular weight excluding hydrogens is 196 g/mol. The second kappa shape index (κ2) is 4.71. The lowest BCUT2D eigenvalue weighted by atomic mass is 9.95. The number of hydrogen-bond donors (Lipinski definition) is 1. The van der Waals surface area contributed by atoms with Gasteiger partial charge in [0.25, 0.3) is 0 Å². The maximum Gasteiger partial charge on any atom is 0.133 e. The molecular formula is C12H17F2N. The summed E-state index contributed by atoms with van der Waals surface area (Å²) in [6.45, 7) is 5.57. The third-order valence-electron chi connectivity index (χ3n) is 2.42. The van der Waals surface area contributed by atoms with Crippen LogP contribution in [-0.4, -0.2) is 0 Å². The fourth-order valence-electron chi connectivity index (χ4n) is 1.64. The highest BCUT2D eigenvalue weighted by atomic mass is 19.1. The molecule has 0 saturated heterocycles. The van der Waals surface area contributed by atoms with Gasteiger partial charge in [0.2, 0.25) is 0 Å². The normalized spacial score (nSPS) is 13.3. The minimum Gasteiger partial charge on any atom is -0.324 e. The molecule has 0 radical (unpaired) electrons. The molecule has 2 N–H and O–H groups in total. The van der Waals surface area contributed by atoms with Crippen LogP contribution in [0.3, 0.4) is 0 Å². The van der Waals surface area contributed by atoms with Crippen LogP contribution in [0.2, 0.25) is 0 Å². The molecule has 1 atom stereocenters. The predicted octanol–water partition coefficient (Wildman–Crippen LogP) is 3.32. The Kier molecular flexibility index (Phi) is 3.80. The van der Waals surface area contributed by atoms with Gasteiger partial charge >= 0.3 is 0 Å². The van der Waals surface area contributed by atoms with Gasteiger partial charge in [-0.25, -0.2) is 8.78 Å². The highest BCUT2D eigenvalue weighted by molar-refractivity contribution is 5.29. The molecule has 0 aliphatic rings. The van der Waals surface area contributed by atoms with Crippen molar-refractivity contribution < 1.29 is 8.78 Å². The molecule has 0 fully saturated rings. The lowest BCUT2D eigenvalue weighted by molar-refractivity contribution is 0.461. The first-order chi connectivity index (χ1) is 6.93. The summed E-state index contributed by atoms with van der Waals surface area (Å²) in [5.74, 6) is -0.742. The van der Waals surface area contributed by atoms with Gasteiger partial charge in [0.1, 0.15) is 11.6 Å². The number of aryl methyl sites for hydroxylation is 1. The van der Waals surface area contributed by atoms with E-state index in [1.54, 1.807) is 6.92 Å². The van der Waals surface area contributed by atoms with Crippen molar-refractivity contribution in [3.63, 3.8) is 0 Å². The summed E-state index contributed by atoms with van der Waals surface area (Å²) in [6.07, 6.45) is 0.581. The Morgan fingerprint density at radius 2 is 1.87 bits per heavy atom. The third-order valence-corrected chi connectivity index (χ3v) is 2.42. The van der Waals surface area contributed by atoms with Gasteiger partial charge in [0.15, 0.2) is 0 Å². The van der Waals surface area contributed by atoms with Crippen LogP contribution in [0, 0.1) is 24.5 Å². The fraction of sp³-hybridized carbons (Fsp3) is 0.500. The quantitative estimate of drug-likeness (QED) is 0.819. The van der Waals surface area contributed by atoms with Crippen molar-refractivity contribution in [3.8, 4) is 0 Å². The topological polar surface area (TPSA) is 26.0 Å². The van der Waals surface area contributed by atoms with Crippen LogP contribution in [0.1, 0.15) is 37.4 Å². The Morgan fingerprint density at radius 3 is 2.40 bits per heavy atom. The third kappa shape index (κ3) is 2.75. The molecule has 0 aliphatic carbocycles. The Bertz CT molecular complexity index is 348. The summed E-state index contributed by atoms with van der Waals surface area (Å²) in [4.78, 5) is 0. The molecule has 0 heterocycles. The fourth-order valence-corrected chi connectivity index (χ4v) is 1.64. The number of rotatable bonds is 3. The van der Waals surface area contributed by atoms with Crippen molar-refractivity contribution in [2.75, 3.05) is 0 Å². The van der Waals surface area contributed by atoms with Gasteiger partial charge in [-0.3, -0.25) is 0 Å². The van der Waals surface area contributed by atoms with Crippen LogP contribution < -0.4 is 5.73 Å². The minimum absolute atomic E-state index is 0.0173. The van der Waals surface area contributed by atoms with Crippen LogP contribution in [0.15, 0.2) is 12.1 Å². The van der Waals surface area contributed by atoms with E-state index in [2.05, 4.69) is 0 Å². The standard InChI is InChI=1S/C12H17F2N/c1-7(2)6-10(15)11-9(13)5-4-8(3)12(11)14/h4-5,7,10H,6,15H2,1-3H3/t10-/m1/s1. The van der Waals surface area contributed by atoms with E-state index >= 15 is 0 Å². The van der Waals surface area contributed by atoms with Gasteiger partial charge in [-0.15, -0.1) is 0 Å². The van der Waals surface area contributed by atoms with E-state index in [-0.39, 0.29) is 5.56 Å². The molecule has 0 aromatic heterocycles. The van der Waals surface area contributed by atoms with Crippen molar-refractivity contribution in [2.45, 2.75) is 33.2 Å². The summed E-state index contributed by atoms with van der Waals surface area (Å²) in [7, 11) is 0. The maximum absolute atomic E-state index is 13.6. The first-order valence-corrected chi connectivity index (χ1v) is 5.13. The Hall–Kier alpha value is -0.960.